The van der Waals surface area contributed by atoms with Crippen LogP contribution in [0, 0.1) is 5.92 Å². The highest BCUT2D eigenvalue weighted by Gasteiger charge is 2.25. The largest absolute Gasteiger partial charge is 0.480 e. The van der Waals surface area contributed by atoms with Gasteiger partial charge in [-0.3, -0.25) is 9.59 Å². The van der Waals surface area contributed by atoms with Gasteiger partial charge in [0.15, 0.2) is 0 Å². The molecule has 27 heavy (non-hydrogen) atoms. The summed E-state index contributed by atoms with van der Waals surface area (Å²) in [4.78, 5) is 35.4. The Morgan fingerprint density at radius 1 is 1.11 bits per heavy atom. The number of esters is 1. The van der Waals surface area contributed by atoms with Crippen LogP contribution in [-0.4, -0.2) is 48.7 Å². The molecule has 2 atom stereocenters. The lowest BCUT2D eigenvalue weighted by Crippen LogP contribution is -2.51. The Bertz CT molecular complexity index is 604. The van der Waals surface area contributed by atoms with Crippen LogP contribution in [0.4, 0.5) is 0 Å². The van der Waals surface area contributed by atoms with Crippen molar-refractivity contribution < 1.29 is 24.2 Å². The van der Waals surface area contributed by atoms with Crippen molar-refractivity contribution in [3.63, 3.8) is 0 Å². The molecule has 1 aromatic carbocycles. The van der Waals surface area contributed by atoms with E-state index in [4.69, 9.17) is 0 Å². The smallest absolute Gasteiger partial charge is 0.326 e. The van der Waals surface area contributed by atoms with E-state index in [0.29, 0.717) is 19.4 Å². The summed E-state index contributed by atoms with van der Waals surface area (Å²) in [5.41, 5.74) is 0.844. The Hall–Kier alpha value is -2.41. The molecule has 3 N–H and O–H groups in total. The van der Waals surface area contributed by atoms with E-state index < -0.39 is 18.1 Å². The van der Waals surface area contributed by atoms with E-state index in [1.165, 1.54) is 7.11 Å². The summed E-state index contributed by atoms with van der Waals surface area (Å²) in [7, 11) is 1.34. The van der Waals surface area contributed by atoms with Crippen molar-refractivity contribution >= 4 is 17.8 Å². The van der Waals surface area contributed by atoms with Crippen LogP contribution in [0.2, 0.25) is 0 Å². The Morgan fingerprint density at radius 2 is 1.78 bits per heavy atom. The van der Waals surface area contributed by atoms with Gasteiger partial charge in [0, 0.05) is 12.8 Å². The zero-order chi connectivity index (χ0) is 20.2. The first-order chi connectivity index (χ1) is 12.8. The minimum absolute atomic E-state index is 0.221. The van der Waals surface area contributed by atoms with Gasteiger partial charge in [0.05, 0.1) is 13.2 Å². The number of carbonyl (C=O) groups is 3. The van der Waals surface area contributed by atoms with Crippen molar-refractivity contribution in [1.82, 2.24) is 10.6 Å². The Labute approximate surface area is 160 Å². The molecule has 0 fully saturated rings. The molecule has 7 nitrogen and oxygen atoms in total. The second-order valence-electron chi connectivity index (χ2n) is 6.91. The van der Waals surface area contributed by atoms with Crippen LogP contribution < -0.4 is 10.6 Å². The van der Waals surface area contributed by atoms with Gasteiger partial charge in [0.2, 0.25) is 5.91 Å². The molecule has 150 valence electrons. The SMILES string of the molecule is COC(=O)CCCN[C@@H](CC(C)C)C(=O)N[C@@H](Cc1ccccc1)C(=O)O. The molecule has 1 rings (SSSR count). The Balaban J connectivity index is 2.65. The fraction of sp³-hybridized carbons (Fsp3) is 0.550. The summed E-state index contributed by atoms with van der Waals surface area (Å²) in [5, 5.41) is 15.2. The standard InChI is InChI=1S/C20H30N2O5/c1-14(2)12-16(21-11-7-10-18(23)27-3)19(24)22-17(20(25)26)13-15-8-5-4-6-9-15/h4-6,8-9,14,16-17,21H,7,10-13H2,1-3H3,(H,22,24)(H,25,26)/t16-,17-/m0/s1. The van der Waals surface area contributed by atoms with Crippen molar-refractivity contribution in [2.75, 3.05) is 13.7 Å². The predicted molar refractivity (Wildman–Crippen MR) is 102 cm³/mol. The number of carboxylic acid groups (broad SMARTS) is 1. The summed E-state index contributed by atoms with van der Waals surface area (Å²) in [6.45, 7) is 4.46. The number of methoxy groups -OCH3 is 1. The van der Waals surface area contributed by atoms with Crippen LogP contribution in [0.25, 0.3) is 0 Å². The van der Waals surface area contributed by atoms with Gasteiger partial charge >= 0.3 is 11.9 Å². The number of hydrogen-bond donors (Lipinski definition) is 3. The van der Waals surface area contributed by atoms with Crippen molar-refractivity contribution in [3.05, 3.63) is 35.9 Å². The van der Waals surface area contributed by atoms with Gasteiger partial charge < -0.3 is 20.5 Å². The molecular formula is C20H30N2O5. The van der Waals surface area contributed by atoms with Gasteiger partial charge in [0.25, 0.3) is 0 Å². The third-order valence-corrected chi connectivity index (χ3v) is 4.10. The number of carboxylic acids is 1. The lowest BCUT2D eigenvalue weighted by Gasteiger charge is -2.23. The zero-order valence-corrected chi connectivity index (χ0v) is 16.2. The van der Waals surface area contributed by atoms with Crippen molar-refractivity contribution in [2.24, 2.45) is 5.92 Å². The fourth-order valence-corrected chi connectivity index (χ4v) is 2.69. The molecule has 7 heteroatoms. The van der Waals surface area contributed by atoms with Crippen LogP contribution in [0.3, 0.4) is 0 Å². The minimum atomic E-state index is -1.07. The molecule has 0 aliphatic rings. The molecule has 0 saturated carbocycles. The van der Waals surface area contributed by atoms with Gasteiger partial charge in [-0.2, -0.15) is 0 Å². The molecule has 0 aromatic heterocycles. The van der Waals surface area contributed by atoms with Crippen molar-refractivity contribution in [2.45, 2.75) is 51.6 Å². The van der Waals surface area contributed by atoms with E-state index in [2.05, 4.69) is 15.4 Å². The molecule has 0 bridgehead atoms. The number of rotatable bonds is 12. The number of ether oxygens (including phenoxy) is 1. The van der Waals surface area contributed by atoms with Gasteiger partial charge in [-0.25, -0.2) is 4.79 Å². The summed E-state index contributed by atoms with van der Waals surface area (Å²) in [5.74, 6) is -1.45. The maximum Gasteiger partial charge on any atom is 0.326 e. The lowest BCUT2D eigenvalue weighted by atomic mass is 10.0. The highest BCUT2D eigenvalue weighted by Crippen LogP contribution is 2.08. The van der Waals surface area contributed by atoms with E-state index in [-0.39, 0.29) is 30.6 Å². The number of carbonyl (C=O) groups excluding carboxylic acids is 2. The zero-order valence-electron chi connectivity index (χ0n) is 16.2. The van der Waals surface area contributed by atoms with E-state index in [9.17, 15) is 19.5 Å². The molecule has 1 aromatic rings. The minimum Gasteiger partial charge on any atom is -0.480 e. The highest BCUT2D eigenvalue weighted by atomic mass is 16.5. The predicted octanol–water partition coefficient (Wildman–Crippen LogP) is 1.76. The molecule has 0 spiro atoms. The first-order valence-corrected chi connectivity index (χ1v) is 9.20. The number of nitrogens with one attached hydrogen (secondary N) is 2. The number of aliphatic carboxylic acids is 1. The number of hydrogen-bond acceptors (Lipinski definition) is 5. The third kappa shape index (κ3) is 9.19. The van der Waals surface area contributed by atoms with Gasteiger partial charge in [-0.05, 0) is 30.9 Å². The van der Waals surface area contributed by atoms with Crippen molar-refractivity contribution in [3.8, 4) is 0 Å². The van der Waals surface area contributed by atoms with Gasteiger partial charge in [-0.1, -0.05) is 44.2 Å². The average Bonchev–Trinajstić information content (AvgIpc) is 2.63. The maximum absolute atomic E-state index is 12.6. The average molecular weight is 378 g/mol. The second kappa shape index (κ2) is 12.1. The van der Waals surface area contributed by atoms with Crippen LogP contribution in [-0.2, 0) is 25.5 Å². The summed E-state index contributed by atoms with van der Waals surface area (Å²) < 4.78 is 4.59. The molecule has 0 aliphatic heterocycles. The summed E-state index contributed by atoms with van der Waals surface area (Å²) in [6.07, 6.45) is 1.60. The highest BCUT2D eigenvalue weighted by molar-refractivity contribution is 5.87. The van der Waals surface area contributed by atoms with Crippen LogP contribution in [0.5, 0.6) is 0 Å². The van der Waals surface area contributed by atoms with Crippen LogP contribution in [0.1, 0.15) is 38.7 Å². The molecule has 0 unspecified atom stereocenters. The number of amides is 1. The first kappa shape index (κ1) is 22.6. The van der Waals surface area contributed by atoms with E-state index >= 15 is 0 Å². The summed E-state index contributed by atoms with van der Waals surface area (Å²) in [6, 6.07) is 7.68. The van der Waals surface area contributed by atoms with Crippen LogP contribution >= 0.6 is 0 Å². The lowest BCUT2D eigenvalue weighted by molar-refractivity contribution is -0.142. The van der Waals surface area contributed by atoms with Crippen molar-refractivity contribution in [1.29, 1.82) is 0 Å². The van der Waals surface area contributed by atoms with Gasteiger partial charge in [-0.15, -0.1) is 0 Å². The monoisotopic (exact) mass is 378 g/mol. The normalized spacial score (nSPS) is 13.0. The van der Waals surface area contributed by atoms with E-state index in [0.717, 1.165) is 5.56 Å². The quantitative estimate of drug-likeness (QED) is 0.378. The second-order valence-corrected chi connectivity index (χ2v) is 6.91. The molecule has 1 amide bonds. The topological polar surface area (TPSA) is 105 Å². The Kier molecular flexibility index (Phi) is 10.1. The maximum atomic E-state index is 12.6. The molecular weight excluding hydrogens is 348 g/mol. The number of benzene rings is 1. The fourth-order valence-electron chi connectivity index (χ4n) is 2.69. The van der Waals surface area contributed by atoms with E-state index in [1.807, 2.05) is 44.2 Å². The summed E-state index contributed by atoms with van der Waals surface area (Å²) >= 11 is 0. The molecule has 0 aliphatic carbocycles. The Morgan fingerprint density at radius 3 is 2.33 bits per heavy atom. The van der Waals surface area contributed by atoms with E-state index in [1.54, 1.807) is 0 Å². The molecule has 0 radical (unpaired) electrons. The van der Waals surface area contributed by atoms with Crippen LogP contribution in [0.15, 0.2) is 30.3 Å². The first-order valence-electron chi connectivity index (χ1n) is 9.20. The third-order valence-electron chi connectivity index (χ3n) is 4.10. The molecule has 0 saturated heterocycles. The molecule has 0 heterocycles. The van der Waals surface area contributed by atoms with Gasteiger partial charge in [0.1, 0.15) is 6.04 Å².